The van der Waals surface area contributed by atoms with Crippen molar-refractivity contribution in [3.63, 3.8) is 0 Å². The zero-order valence-corrected chi connectivity index (χ0v) is 14.1. The Balaban J connectivity index is 1.48. The summed E-state index contributed by atoms with van der Waals surface area (Å²) < 4.78 is 35.2. The second-order valence-electron chi connectivity index (χ2n) is 6.76. The Morgan fingerprint density at radius 3 is 2.67 bits per heavy atom. The van der Waals surface area contributed by atoms with Gasteiger partial charge in [0.05, 0.1) is 6.42 Å². The van der Waals surface area contributed by atoms with Gasteiger partial charge in [0.25, 0.3) is 0 Å². The lowest BCUT2D eigenvalue weighted by Gasteiger charge is -2.41. The predicted molar refractivity (Wildman–Crippen MR) is 84.5 cm³/mol. The van der Waals surface area contributed by atoms with Crippen LogP contribution in [0.2, 0.25) is 0 Å². The van der Waals surface area contributed by atoms with Crippen LogP contribution in [0.25, 0.3) is 0 Å². The number of hydrogen-bond acceptors (Lipinski definition) is 5. The number of urea groups is 1. The topological polar surface area (TPSA) is 96.4 Å². The van der Waals surface area contributed by atoms with E-state index in [0.29, 0.717) is 18.5 Å². The quantitative estimate of drug-likeness (QED) is 0.786. The zero-order valence-electron chi connectivity index (χ0n) is 14.1. The Labute approximate surface area is 152 Å². The lowest BCUT2D eigenvalue weighted by atomic mass is 9.90. The molecule has 4 rings (SSSR count). The Kier molecular flexibility index (Phi) is 3.93. The van der Waals surface area contributed by atoms with Crippen molar-refractivity contribution >= 4 is 17.9 Å². The third-order valence-electron chi connectivity index (χ3n) is 5.03. The van der Waals surface area contributed by atoms with Gasteiger partial charge in [-0.05, 0) is 30.5 Å². The molecule has 0 spiro atoms. The third kappa shape index (κ3) is 3.04. The average molecular weight is 382 g/mol. The minimum absolute atomic E-state index is 0.0528. The monoisotopic (exact) mass is 382 g/mol. The lowest BCUT2D eigenvalue weighted by molar-refractivity contribution is -0.286. The number of nitrogens with zero attached hydrogens (tertiary/aromatic N) is 2. The van der Waals surface area contributed by atoms with Gasteiger partial charge in [-0.3, -0.25) is 4.79 Å². The van der Waals surface area contributed by atoms with Crippen LogP contribution in [-0.2, 0) is 9.59 Å². The molecule has 2 fully saturated rings. The molecule has 0 radical (unpaired) electrons. The van der Waals surface area contributed by atoms with E-state index in [4.69, 9.17) is 5.11 Å². The number of amides is 3. The van der Waals surface area contributed by atoms with Crippen molar-refractivity contribution in [3.05, 3.63) is 23.8 Å². The van der Waals surface area contributed by atoms with Gasteiger partial charge in [0.15, 0.2) is 11.5 Å². The van der Waals surface area contributed by atoms with E-state index in [1.807, 2.05) is 0 Å². The molecule has 0 aromatic heterocycles. The maximum atomic E-state index is 13.2. The van der Waals surface area contributed by atoms with E-state index in [-0.39, 0.29) is 30.4 Å². The molecule has 1 N–H and O–H groups in total. The van der Waals surface area contributed by atoms with Crippen LogP contribution in [0.4, 0.5) is 13.6 Å². The first-order valence-corrected chi connectivity index (χ1v) is 8.49. The second-order valence-corrected chi connectivity index (χ2v) is 6.76. The Morgan fingerprint density at radius 2 is 1.96 bits per heavy atom. The summed E-state index contributed by atoms with van der Waals surface area (Å²) in [6.45, 7) is 0.652. The lowest BCUT2D eigenvalue weighted by Crippen LogP contribution is -2.63. The minimum Gasteiger partial charge on any atom is -0.480 e. The number of carbonyl (C=O) groups is 3. The number of piperidine rings is 1. The van der Waals surface area contributed by atoms with Crippen molar-refractivity contribution in [3.8, 4) is 11.5 Å². The van der Waals surface area contributed by atoms with Crippen LogP contribution in [-0.4, -0.2) is 58.2 Å². The number of hydrogen-bond donors (Lipinski definition) is 1. The fourth-order valence-corrected chi connectivity index (χ4v) is 3.65. The number of carboxylic acid groups (broad SMARTS) is 1. The van der Waals surface area contributed by atoms with Crippen molar-refractivity contribution in [2.24, 2.45) is 0 Å². The van der Waals surface area contributed by atoms with Gasteiger partial charge < -0.3 is 19.5 Å². The van der Waals surface area contributed by atoms with Gasteiger partial charge in [0.2, 0.25) is 5.91 Å². The van der Waals surface area contributed by atoms with Crippen molar-refractivity contribution in [2.75, 3.05) is 13.1 Å². The normalized spacial score (nSPS) is 25.9. The Hall–Kier alpha value is -2.91. The molecular formula is C17H16F2N2O6. The number of fused-ring (bicyclic) bond motifs is 1. The van der Waals surface area contributed by atoms with E-state index in [2.05, 4.69) is 9.47 Å². The Bertz CT molecular complexity index is 830. The number of halogens is 2. The predicted octanol–water partition coefficient (Wildman–Crippen LogP) is 1.99. The largest absolute Gasteiger partial charge is 0.586 e. The summed E-state index contributed by atoms with van der Waals surface area (Å²) in [5.41, 5.74) is 0.706. The highest BCUT2D eigenvalue weighted by Gasteiger charge is 2.48. The Morgan fingerprint density at radius 1 is 1.22 bits per heavy atom. The summed E-state index contributed by atoms with van der Waals surface area (Å²) in [5, 5.41) is 9.08. The van der Waals surface area contributed by atoms with Crippen LogP contribution in [0.15, 0.2) is 18.2 Å². The number of carbonyl (C=O) groups excluding carboxylic acids is 2. The van der Waals surface area contributed by atoms with Gasteiger partial charge in [0.1, 0.15) is 6.04 Å². The molecule has 3 heterocycles. The molecule has 27 heavy (non-hydrogen) atoms. The number of imide groups is 1. The summed E-state index contributed by atoms with van der Waals surface area (Å²) >= 11 is 0. The van der Waals surface area contributed by atoms with Crippen molar-refractivity contribution in [1.82, 2.24) is 9.80 Å². The molecule has 2 unspecified atom stereocenters. The number of carboxylic acids is 1. The highest BCUT2D eigenvalue weighted by atomic mass is 19.3. The molecule has 3 aliphatic rings. The molecule has 1 aromatic carbocycles. The summed E-state index contributed by atoms with van der Waals surface area (Å²) in [6.07, 6.45) is -2.52. The summed E-state index contributed by atoms with van der Waals surface area (Å²) in [5.74, 6) is -1.99. The van der Waals surface area contributed by atoms with Gasteiger partial charge >= 0.3 is 18.3 Å². The molecule has 2 saturated heterocycles. The first-order valence-electron chi connectivity index (χ1n) is 8.49. The maximum absolute atomic E-state index is 13.2. The number of likely N-dealkylation sites (tertiary alicyclic amines) is 2. The average Bonchev–Trinajstić information content (AvgIpc) is 2.92. The van der Waals surface area contributed by atoms with Gasteiger partial charge in [-0.2, -0.15) is 0 Å². The molecule has 0 aliphatic carbocycles. The highest BCUT2D eigenvalue weighted by molar-refractivity contribution is 6.05. The second kappa shape index (κ2) is 6.07. The number of β-lactam (4-membered cyclic amide) rings is 1. The van der Waals surface area contributed by atoms with Crippen molar-refractivity contribution in [1.29, 1.82) is 0 Å². The number of ether oxygens (including phenoxy) is 2. The van der Waals surface area contributed by atoms with Crippen molar-refractivity contribution < 1.29 is 37.7 Å². The fourth-order valence-electron chi connectivity index (χ4n) is 3.65. The molecule has 1 aromatic rings. The van der Waals surface area contributed by atoms with E-state index in [9.17, 15) is 23.2 Å². The van der Waals surface area contributed by atoms with Gasteiger partial charge in [-0.15, -0.1) is 8.78 Å². The molecule has 3 amide bonds. The molecule has 144 valence electrons. The third-order valence-corrected chi connectivity index (χ3v) is 5.03. The van der Waals surface area contributed by atoms with Gasteiger partial charge in [-0.25, -0.2) is 14.5 Å². The molecule has 0 saturated carbocycles. The molecule has 10 heteroatoms. The van der Waals surface area contributed by atoms with E-state index in [1.165, 1.54) is 17.0 Å². The highest BCUT2D eigenvalue weighted by Crippen LogP contribution is 2.43. The standard InChI is InChI=1S/C17H16F2N2O6/c18-17(19)26-12-4-3-9(6-13(12)27-17)10-2-1-5-20(8-10)16(25)21-11(15(23)24)7-14(21)22/h3-4,6,10-11H,1-2,5,7-8H2,(H,23,24). The van der Waals surface area contributed by atoms with Crippen LogP contribution in [0.3, 0.4) is 0 Å². The number of rotatable bonds is 2. The van der Waals surface area contributed by atoms with Crippen LogP contribution < -0.4 is 9.47 Å². The van der Waals surface area contributed by atoms with E-state index < -0.39 is 30.2 Å². The smallest absolute Gasteiger partial charge is 0.480 e. The zero-order chi connectivity index (χ0) is 19.3. The molecule has 0 bridgehead atoms. The molecular weight excluding hydrogens is 366 g/mol. The number of benzene rings is 1. The summed E-state index contributed by atoms with van der Waals surface area (Å²) in [7, 11) is 0. The van der Waals surface area contributed by atoms with E-state index in [0.717, 1.165) is 11.3 Å². The maximum Gasteiger partial charge on any atom is 0.586 e. The minimum atomic E-state index is -3.70. The number of alkyl halides is 2. The molecule has 8 nitrogen and oxygen atoms in total. The SMILES string of the molecule is O=C(O)C1CC(=O)N1C(=O)N1CCCC(c2ccc3c(c2)OC(F)(F)O3)C1. The van der Waals surface area contributed by atoms with Crippen LogP contribution >= 0.6 is 0 Å². The molecule has 2 atom stereocenters. The van der Waals surface area contributed by atoms with Crippen LogP contribution in [0.5, 0.6) is 11.5 Å². The first-order chi connectivity index (χ1) is 12.7. The van der Waals surface area contributed by atoms with Gasteiger partial charge in [-0.1, -0.05) is 6.07 Å². The summed E-state index contributed by atoms with van der Waals surface area (Å²) in [6, 6.07) is 2.74. The van der Waals surface area contributed by atoms with E-state index >= 15 is 0 Å². The fraction of sp³-hybridized carbons (Fsp3) is 0.471. The van der Waals surface area contributed by atoms with Crippen LogP contribution in [0.1, 0.15) is 30.7 Å². The summed E-state index contributed by atoms with van der Waals surface area (Å²) in [4.78, 5) is 37.6. The number of aliphatic carboxylic acids is 1. The molecule has 3 aliphatic heterocycles. The van der Waals surface area contributed by atoms with E-state index in [1.54, 1.807) is 6.07 Å². The van der Waals surface area contributed by atoms with Crippen molar-refractivity contribution in [2.45, 2.75) is 37.5 Å². The first kappa shape index (κ1) is 17.5. The van der Waals surface area contributed by atoms with Gasteiger partial charge in [0, 0.05) is 19.0 Å². The van der Waals surface area contributed by atoms with Crippen LogP contribution in [0, 0.1) is 0 Å².